The number of fused-ring (bicyclic) bond motifs is 1. The van der Waals surface area contributed by atoms with Gasteiger partial charge in [0.15, 0.2) is 0 Å². The summed E-state index contributed by atoms with van der Waals surface area (Å²) in [7, 11) is 1.82. The van der Waals surface area contributed by atoms with Gasteiger partial charge >= 0.3 is 0 Å². The molecule has 0 saturated heterocycles. The lowest BCUT2D eigenvalue weighted by molar-refractivity contribution is 0.523. The summed E-state index contributed by atoms with van der Waals surface area (Å²) in [5.74, 6) is 0.638. The third-order valence-electron chi connectivity index (χ3n) is 3.68. The van der Waals surface area contributed by atoms with E-state index < -0.39 is 11.3 Å². The molecule has 1 aromatic carbocycles. The number of anilines is 1. The first-order chi connectivity index (χ1) is 12.0. The number of aromatic nitrogens is 3. The quantitative estimate of drug-likeness (QED) is 0.644. The van der Waals surface area contributed by atoms with E-state index in [1.165, 1.54) is 0 Å². The highest BCUT2D eigenvalue weighted by atomic mass is 35.5. The normalized spacial score (nSPS) is 12.5. The van der Waals surface area contributed by atoms with E-state index in [4.69, 9.17) is 23.2 Å². The molecule has 2 aromatic heterocycles. The zero-order valence-electron chi connectivity index (χ0n) is 13.1. The van der Waals surface area contributed by atoms with Crippen molar-refractivity contribution >= 4 is 51.2 Å². The van der Waals surface area contributed by atoms with Crippen molar-refractivity contribution in [3.8, 4) is 5.69 Å². The fraction of sp³-hybridized carbons (Fsp3) is 0.200. The molecule has 0 bridgehead atoms. The number of likely N-dealkylation sites (N-methyl/N-ethyl adjacent to an activating group) is 1. The molecule has 0 radical (unpaired) electrons. The van der Waals surface area contributed by atoms with Gasteiger partial charge in [-0.15, -0.1) is 0 Å². The zero-order valence-corrected chi connectivity index (χ0v) is 15.5. The Bertz CT molecular complexity index is 920. The van der Waals surface area contributed by atoms with Crippen LogP contribution in [0, 0.1) is 0 Å². The van der Waals surface area contributed by atoms with Crippen molar-refractivity contribution in [2.75, 3.05) is 25.0 Å². The van der Waals surface area contributed by atoms with Crippen LogP contribution < -0.4 is 9.62 Å². The molecule has 0 saturated carbocycles. The van der Waals surface area contributed by atoms with E-state index in [0.29, 0.717) is 27.9 Å². The predicted molar refractivity (Wildman–Crippen MR) is 99.1 cm³/mol. The smallest absolute Gasteiger partial charge is 0.131 e. The molecule has 0 spiro atoms. The average Bonchev–Trinajstić information content (AvgIpc) is 3.11. The lowest BCUT2D eigenvalue weighted by Crippen LogP contribution is -2.30. The van der Waals surface area contributed by atoms with E-state index in [0.717, 1.165) is 11.1 Å². The molecule has 0 aliphatic rings. The van der Waals surface area contributed by atoms with E-state index >= 15 is 0 Å². The summed E-state index contributed by atoms with van der Waals surface area (Å²) < 4.78 is 25.4. The van der Waals surface area contributed by atoms with Crippen molar-refractivity contribution in [3.05, 3.63) is 47.0 Å². The van der Waals surface area contributed by atoms with Gasteiger partial charge in [-0.1, -0.05) is 23.2 Å². The molecule has 132 valence electrons. The van der Waals surface area contributed by atoms with Crippen LogP contribution in [0.2, 0.25) is 10.0 Å². The van der Waals surface area contributed by atoms with E-state index in [-0.39, 0.29) is 6.54 Å². The van der Waals surface area contributed by atoms with Crippen LogP contribution in [-0.2, 0) is 11.3 Å². The Hall–Kier alpha value is -1.71. The number of hydrogen-bond acceptors (Lipinski definition) is 5. The van der Waals surface area contributed by atoms with E-state index in [1.54, 1.807) is 18.6 Å². The van der Waals surface area contributed by atoms with Crippen LogP contribution in [0.1, 0.15) is 0 Å². The van der Waals surface area contributed by atoms with Crippen molar-refractivity contribution in [1.29, 1.82) is 0 Å². The molecule has 25 heavy (non-hydrogen) atoms. The van der Waals surface area contributed by atoms with Crippen LogP contribution in [0.3, 0.4) is 0 Å². The summed E-state index contributed by atoms with van der Waals surface area (Å²) in [5.41, 5.74) is 1.42. The van der Waals surface area contributed by atoms with Gasteiger partial charge in [-0.25, -0.2) is 14.7 Å². The van der Waals surface area contributed by atoms with Gasteiger partial charge in [-0.3, -0.25) is 4.21 Å². The lowest BCUT2D eigenvalue weighted by atomic mass is 10.1. The number of imidazole rings is 1. The first-order valence-corrected chi connectivity index (χ1v) is 9.11. The fourth-order valence-electron chi connectivity index (χ4n) is 2.42. The first-order valence-electron chi connectivity index (χ1n) is 7.28. The lowest BCUT2D eigenvalue weighted by Gasteiger charge is -2.21. The van der Waals surface area contributed by atoms with E-state index in [1.807, 2.05) is 34.8 Å². The van der Waals surface area contributed by atoms with Gasteiger partial charge in [0, 0.05) is 55.2 Å². The number of benzene rings is 1. The van der Waals surface area contributed by atoms with Crippen LogP contribution in [0.15, 0.2) is 36.9 Å². The standard InChI is InChI=1S/C15H15Cl2N5O2S/c1-21(6-5-19-25(23)24)13-8-12(22-7-4-18-9-22)10-2-3-11(16)14(17)15(10)20-13/h2-4,7-9,19H,5-6H2,1H3,(H,23,24)/p-1. The summed E-state index contributed by atoms with van der Waals surface area (Å²) in [6.45, 7) is 0.698. The Morgan fingerprint density at radius 2 is 2.20 bits per heavy atom. The number of nitrogens with zero attached hydrogens (tertiary/aromatic N) is 4. The van der Waals surface area contributed by atoms with Crippen molar-refractivity contribution in [1.82, 2.24) is 19.3 Å². The Labute approximate surface area is 157 Å². The Kier molecular flexibility index (Phi) is 5.55. The molecule has 10 heteroatoms. The maximum absolute atomic E-state index is 10.6. The van der Waals surface area contributed by atoms with Crippen molar-refractivity contribution in [3.63, 3.8) is 0 Å². The monoisotopic (exact) mass is 398 g/mol. The minimum absolute atomic E-state index is 0.260. The Morgan fingerprint density at radius 3 is 2.88 bits per heavy atom. The summed E-state index contributed by atoms with van der Waals surface area (Å²) in [6.07, 6.45) is 5.19. The van der Waals surface area contributed by atoms with Gasteiger partial charge < -0.3 is 14.0 Å². The predicted octanol–water partition coefficient (Wildman–Crippen LogP) is 2.55. The van der Waals surface area contributed by atoms with Gasteiger partial charge in [-0.2, -0.15) is 0 Å². The highest BCUT2D eigenvalue weighted by molar-refractivity contribution is 7.77. The highest BCUT2D eigenvalue weighted by Gasteiger charge is 2.14. The van der Waals surface area contributed by atoms with E-state index in [2.05, 4.69) is 14.7 Å². The number of nitrogens with one attached hydrogen (secondary N) is 1. The second-order valence-electron chi connectivity index (χ2n) is 5.28. The topological polar surface area (TPSA) is 86.1 Å². The van der Waals surface area contributed by atoms with Crippen LogP contribution in [0.4, 0.5) is 5.82 Å². The maximum atomic E-state index is 10.6. The number of pyridine rings is 1. The second kappa shape index (κ2) is 7.67. The highest BCUT2D eigenvalue weighted by Crippen LogP contribution is 2.34. The van der Waals surface area contributed by atoms with E-state index in [9.17, 15) is 8.76 Å². The Morgan fingerprint density at radius 1 is 1.40 bits per heavy atom. The molecule has 0 amide bonds. The van der Waals surface area contributed by atoms with Gasteiger partial charge in [0.2, 0.25) is 0 Å². The second-order valence-corrected chi connectivity index (χ2v) is 6.82. The molecular weight excluding hydrogens is 385 g/mol. The van der Waals surface area contributed by atoms with Crippen molar-refractivity contribution in [2.24, 2.45) is 0 Å². The number of hydrogen-bond donors (Lipinski definition) is 1. The average molecular weight is 399 g/mol. The minimum Gasteiger partial charge on any atom is -0.760 e. The van der Waals surface area contributed by atoms with Gasteiger partial charge in [0.05, 0.1) is 27.6 Å². The maximum Gasteiger partial charge on any atom is 0.131 e. The first kappa shape index (κ1) is 18.1. The van der Waals surface area contributed by atoms with Crippen LogP contribution in [0.25, 0.3) is 16.6 Å². The van der Waals surface area contributed by atoms with Gasteiger partial charge in [0.25, 0.3) is 0 Å². The molecular formula is C15H14Cl2N5O2S-. The van der Waals surface area contributed by atoms with Crippen molar-refractivity contribution in [2.45, 2.75) is 0 Å². The molecule has 3 aromatic rings. The third-order valence-corrected chi connectivity index (χ3v) is 4.91. The number of rotatable bonds is 6. The minimum atomic E-state index is -2.29. The molecule has 1 N–H and O–H groups in total. The largest absolute Gasteiger partial charge is 0.760 e. The molecule has 1 atom stereocenters. The van der Waals surface area contributed by atoms with Crippen LogP contribution >= 0.6 is 23.2 Å². The van der Waals surface area contributed by atoms with Crippen LogP contribution in [-0.4, -0.2) is 43.4 Å². The van der Waals surface area contributed by atoms with Crippen LogP contribution in [0.5, 0.6) is 0 Å². The molecule has 2 heterocycles. The molecule has 3 rings (SSSR count). The zero-order chi connectivity index (χ0) is 18.0. The number of halogens is 2. The molecule has 0 aliphatic carbocycles. The summed E-state index contributed by atoms with van der Waals surface area (Å²) >= 11 is 10.2. The summed E-state index contributed by atoms with van der Waals surface area (Å²) in [6, 6.07) is 5.48. The van der Waals surface area contributed by atoms with Gasteiger partial charge in [-0.05, 0) is 12.1 Å². The molecule has 7 nitrogen and oxygen atoms in total. The van der Waals surface area contributed by atoms with Crippen molar-refractivity contribution < 1.29 is 8.76 Å². The third kappa shape index (κ3) is 3.94. The fourth-order valence-corrected chi connectivity index (χ4v) is 3.04. The molecule has 1 unspecified atom stereocenters. The SMILES string of the molecule is CN(CCNS(=O)[O-])c1cc(-n2ccnc2)c2ccc(Cl)c(Cl)c2n1. The van der Waals surface area contributed by atoms with Gasteiger partial charge in [0.1, 0.15) is 5.82 Å². The Balaban J connectivity index is 2.07. The summed E-state index contributed by atoms with van der Waals surface area (Å²) in [5, 5.41) is 1.62. The summed E-state index contributed by atoms with van der Waals surface area (Å²) in [4.78, 5) is 10.5. The molecule has 0 fully saturated rings. The molecule has 0 aliphatic heterocycles.